The smallest absolute Gasteiger partial charge is 0.252 e. The molecule has 2 rings (SSSR count). The zero-order valence-electron chi connectivity index (χ0n) is 11.4. The summed E-state index contributed by atoms with van der Waals surface area (Å²) < 4.78 is 26.7. The highest BCUT2D eigenvalue weighted by Crippen LogP contribution is 2.30. The van der Waals surface area contributed by atoms with Crippen molar-refractivity contribution in [2.45, 2.75) is 43.4 Å². The topological polar surface area (TPSA) is 57.6 Å². The number of sulfonamides is 1. The van der Waals surface area contributed by atoms with Gasteiger partial charge in [0.2, 0.25) is 0 Å². The number of rotatable bonds is 5. The lowest BCUT2D eigenvalue weighted by Crippen LogP contribution is -2.30. The molecule has 0 radical (unpaired) electrons. The van der Waals surface area contributed by atoms with Crippen molar-refractivity contribution in [3.63, 3.8) is 0 Å². The lowest BCUT2D eigenvalue weighted by atomic mass is 10.1. The highest BCUT2D eigenvalue weighted by molar-refractivity contribution is 7.91. The van der Waals surface area contributed by atoms with Gasteiger partial charge in [0, 0.05) is 18.5 Å². The Balaban J connectivity index is 2.15. The molecule has 0 bridgehead atoms. The minimum Gasteiger partial charge on any atom is -0.391 e. The molecule has 0 spiro atoms. The minimum atomic E-state index is -3.40. The van der Waals surface area contributed by atoms with Crippen molar-refractivity contribution in [1.29, 1.82) is 0 Å². The molecule has 1 aromatic heterocycles. The van der Waals surface area contributed by atoms with Gasteiger partial charge in [-0.1, -0.05) is 12.8 Å². The van der Waals surface area contributed by atoms with E-state index in [4.69, 9.17) is 5.11 Å². The molecular formula is C13H21NO3S2. The van der Waals surface area contributed by atoms with E-state index < -0.39 is 10.0 Å². The Morgan fingerprint density at radius 1 is 1.42 bits per heavy atom. The second-order valence-corrected chi connectivity index (χ2v) is 8.67. The third kappa shape index (κ3) is 3.18. The van der Waals surface area contributed by atoms with Crippen LogP contribution >= 0.6 is 11.3 Å². The molecule has 0 atom stereocenters. The zero-order valence-corrected chi connectivity index (χ0v) is 13.1. The molecule has 0 saturated heterocycles. The molecule has 0 amide bonds. The van der Waals surface area contributed by atoms with Gasteiger partial charge in [0.1, 0.15) is 4.21 Å². The van der Waals surface area contributed by atoms with E-state index in [2.05, 4.69) is 0 Å². The number of hydrogen-bond acceptors (Lipinski definition) is 4. The Kier molecular flexibility index (Phi) is 4.66. The molecule has 0 aliphatic heterocycles. The number of hydrogen-bond donors (Lipinski definition) is 1. The van der Waals surface area contributed by atoms with Gasteiger partial charge >= 0.3 is 0 Å². The summed E-state index contributed by atoms with van der Waals surface area (Å²) in [6.07, 6.45) is 4.69. The first-order valence-electron chi connectivity index (χ1n) is 6.61. The molecule has 4 nitrogen and oxygen atoms in total. The van der Waals surface area contributed by atoms with E-state index in [0.717, 1.165) is 23.3 Å². The van der Waals surface area contributed by atoms with Gasteiger partial charge in [-0.25, -0.2) is 8.42 Å². The van der Waals surface area contributed by atoms with E-state index >= 15 is 0 Å². The molecular weight excluding hydrogens is 282 g/mol. The SMILES string of the molecule is Cc1cc(S(=O)(=O)N(C)CC2CCCC2)sc1CO. The Hall–Kier alpha value is -0.430. The van der Waals surface area contributed by atoms with E-state index in [1.165, 1.54) is 28.5 Å². The van der Waals surface area contributed by atoms with Crippen molar-refractivity contribution < 1.29 is 13.5 Å². The Labute approximate surface area is 119 Å². The average Bonchev–Trinajstić information content (AvgIpc) is 2.98. The van der Waals surface area contributed by atoms with E-state index in [9.17, 15) is 8.42 Å². The molecule has 1 heterocycles. The maximum absolute atomic E-state index is 12.5. The highest BCUT2D eigenvalue weighted by Gasteiger charge is 2.27. The van der Waals surface area contributed by atoms with Crippen LogP contribution in [0.15, 0.2) is 10.3 Å². The van der Waals surface area contributed by atoms with Crippen LogP contribution in [0.25, 0.3) is 0 Å². The van der Waals surface area contributed by atoms with Crippen molar-refractivity contribution in [1.82, 2.24) is 4.31 Å². The number of aliphatic hydroxyl groups is 1. The minimum absolute atomic E-state index is 0.0988. The van der Waals surface area contributed by atoms with Gasteiger partial charge in [0.05, 0.1) is 6.61 Å². The summed E-state index contributed by atoms with van der Waals surface area (Å²) in [6.45, 7) is 2.34. The Morgan fingerprint density at radius 2 is 2.05 bits per heavy atom. The fourth-order valence-corrected chi connectivity index (χ4v) is 5.49. The van der Waals surface area contributed by atoms with Gasteiger partial charge in [-0.3, -0.25) is 0 Å². The highest BCUT2D eigenvalue weighted by atomic mass is 32.2. The summed E-state index contributed by atoms with van der Waals surface area (Å²) in [7, 11) is -1.74. The Bertz CT molecular complexity index is 530. The normalized spacial score (nSPS) is 17.5. The average molecular weight is 303 g/mol. The summed E-state index contributed by atoms with van der Waals surface area (Å²) in [5.41, 5.74) is 0.848. The van der Waals surface area contributed by atoms with Crippen LogP contribution in [-0.2, 0) is 16.6 Å². The lowest BCUT2D eigenvalue weighted by molar-refractivity contribution is 0.285. The van der Waals surface area contributed by atoms with Gasteiger partial charge in [0.25, 0.3) is 10.0 Å². The molecule has 0 aromatic carbocycles. The maximum Gasteiger partial charge on any atom is 0.252 e. The summed E-state index contributed by atoms with van der Waals surface area (Å²) in [6, 6.07) is 1.66. The molecule has 108 valence electrons. The van der Waals surface area contributed by atoms with Crippen LogP contribution in [0.4, 0.5) is 0 Å². The van der Waals surface area contributed by atoms with Crippen LogP contribution in [0.3, 0.4) is 0 Å². The van der Waals surface area contributed by atoms with E-state index in [-0.39, 0.29) is 6.61 Å². The number of aliphatic hydroxyl groups excluding tert-OH is 1. The fraction of sp³-hybridized carbons (Fsp3) is 0.692. The Morgan fingerprint density at radius 3 is 2.58 bits per heavy atom. The predicted octanol–water partition coefficient (Wildman–Crippen LogP) is 2.36. The van der Waals surface area contributed by atoms with Gasteiger partial charge in [-0.15, -0.1) is 11.3 Å². The second kappa shape index (κ2) is 5.91. The van der Waals surface area contributed by atoms with Crippen molar-refractivity contribution >= 4 is 21.4 Å². The monoisotopic (exact) mass is 303 g/mol. The number of aryl methyl sites for hydroxylation is 1. The first-order valence-corrected chi connectivity index (χ1v) is 8.87. The zero-order chi connectivity index (χ0) is 14.0. The van der Waals surface area contributed by atoms with Crippen LogP contribution in [0.1, 0.15) is 36.1 Å². The lowest BCUT2D eigenvalue weighted by Gasteiger charge is -2.19. The van der Waals surface area contributed by atoms with Gasteiger partial charge in [-0.2, -0.15) is 4.31 Å². The van der Waals surface area contributed by atoms with Gasteiger partial charge in [0.15, 0.2) is 0 Å². The molecule has 19 heavy (non-hydrogen) atoms. The van der Waals surface area contributed by atoms with Crippen LogP contribution in [0.2, 0.25) is 0 Å². The molecule has 1 aliphatic carbocycles. The van der Waals surface area contributed by atoms with E-state index in [1.54, 1.807) is 13.1 Å². The third-order valence-corrected chi connectivity index (χ3v) is 7.29. The predicted molar refractivity (Wildman–Crippen MR) is 76.8 cm³/mol. The summed E-state index contributed by atoms with van der Waals surface area (Å²) in [4.78, 5) is 0.729. The quantitative estimate of drug-likeness (QED) is 0.908. The molecule has 0 unspecified atom stereocenters. The second-order valence-electron chi connectivity index (χ2n) is 5.27. The maximum atomic E-state index is 12.5. The molecule has 1 fully saturated rings. The first-order chi connectivity index (χ1) is 8.95. The van der Waals surface area contributed by atoms with Crippen molar-refractivity contribution in [3.05, 3.63) is 16.5 Å². The van der Waals surface area contributed by atoms with Crippen molar-refractivity contribution in [2.24, 2.45) is 5.92 Å². The van der Waals surface area contributed by atoms with Crippen molar-refractivity contribution in [2.75, 3.05) is 13.6 Å². The standard InChI is InChI=1S/C13H21NO3S2/c1-10-7-13(18-12(10)9-15)19(16,17)14(2)8-11-5-3-4-6-11/h7,11,15H,3-6,8-9H2,1-2H3. The molecule has 6 heteroatoms. The third-order valence-electron chi connectivity index (χ3n) is 3.80. The summed E-state index contributed by atoms with van der Waals surface area (Å²) in [5, 5.41) is 9.17. The molecule has 1 aliphatic rings. The van der Waals surface area contributed by atoms with Crippen LogP contribution < -0.4 is 0 Å². The van der Waals surface area contributed by atoms with Crippen LogP contribution in [0.5, 0.6) is 0 Å². The molecule has 1 saturated carbocycles. The van der Waals surface area contributed by atoms with Crippen LogP contribution in [0, 0.1) is 12.8 Å². The number of nitrogens with zero attached hydrogens (tertiary/aromatic N) is 1. The van der Waals surface area contributed by atoms with E-state index in [1.807, 2.05) is 6.92 Å². The molecule has 1 N–H and O–H groups in total. The fourth-order valence-electron chi connectivity index (χ4n) is 2.58. The van der Waals surface area contributed by atoms with Gasteiger partial charge in [-0.05, 0) is 37.3 Å². The van der Waals surface area contributed by atoms with Crippen LogP contribution in [-0.4, -0.2) is 31.4 Å². The first kappa shape index (κ1) is 15.0. The summed E-state index contributed by atoms with van der Waals surface area (Å²) in [5.74, 6) is 0.498. The van der Waals surface area contributed by atoms with Crippen molar-refractivity contribution in [3.8, 4) is 0 Å². The largest absolute Gasteiger partial charge is 0.391 e. The molecule has 1 aromatic rings. The van der Waals surface area contributed by atoms with Gasteiger partial charge < -0.3 is 5.11 Å². The van der Waals surface area contributed by atoms with E-state index in [0.29, 0.717) is 16.7 Å². The summed E-state index contributed by atoms with van der Waals surface area (Å²) >= 11 is 1.17. The number of thiophene rings is 1.